The summed E-state index contributed by atoms with van der Waals surface area (Å²) < 4.78 is 7.53. The highest BCUT2D eigenvalue weighted by Crippen LogP contribution is 2.32. The number of ether oxygens (including phenoxy) is 1. The van der Waals surface area contributed by atoms with Crippen LogP contribution in [-0.4, -0.2) is 23.8 Å². The molecule has 1 N–H and O–H groups in total. The lowest BCUT2D eigenvalue weighted by atomic mass is 10.1. The van der Waals surface area contributed by atoms with Gasteiger partial charge in [-0.25, -0.2) is 5.43 Å². The summed E-state index contributed by atoms with van der Waals surface area (Å²) in [6.07, 6.45) is 1.57. The molecule has 5 rings (SSSR count). The first-order valence-corrected chi connectivity index (χ1v) is 11.6. The van der Waals surface area contributed by atoms with Crippen molar-refractivity contribution in [3.63, 3.8) is 0 Å². The van der Waals surface area contributed by atoms with Crippen molar-refractivity contribution in [2.75, 3.05) is 7.11 Å². The zero-order chi connectivity index (χ0) is 24.7. The minimum atomic E-state index is -0.285. The summed E-state index contributed by atoms with van der Waals surface area (Å²) in [5.74, 6) is 0.404. The van der Waals surface area contributed by atoms with Crippen LogP contribution in [0.5, 0.6) is 5.75 Å². The number of carbonyl (C=O) groups excluding carboxylic acids is 1. The summed E-state index contributed by atoms with van der Waals surface area (Å²) >= 11 is 0. The maximum absolute atomic E-state index is 12.7. The third kappa shape index (κ3) is 4.81. The fraction of sp³-hybridized carbons (Fsp3) is 0.0323. The Morgan fingerprint density at radius 3 is 1.86 bits per heavy atom. The van der Waals surface area contributed by atoms with Gasteiger partial charge in [0.1, 0.15) is 5.75 Å². The molecule has 0 spiro atoms. The zero-order valence-electron chi connectivity index (χ0n) is 19.8. The van der Waals surface area contributed by atoms with E-state index >= 15 is 0 Å². The van der Waals surface area contributed by atoms with Crippen LogP contribution in [0.3, 0.4) is 0 Å². The molecule has 0 fully saturated rings. The van der Waals surface area contributed by atoms with E-state index in [1.807, 2.05) is 84.9 Å². The van der Waals surface area contributed by atoms with E-state index in [-0.39, 0.29) is 5.91 Å². The van der Waals surface area contributed by atoms with Gasteiger partial charge in [-0.15, -0.1) is 0 Å². The van der Waals surface area contributed by atoms with E-state index in [9.17, 15) is 4.79 Å². The van der Waals surface area contributed by atoms with Crippen molar-refractivity contribution < 1.29 is 9.53 Å². The van der Waals surface area contributed by atoms with Gasteiger partial charge in [0.25, 0.3) is 5.91 Å². The van der Waals surface area contributed by atoms with Gasteiger partial charge in [-0.05, 0) is 59.7 Å². The van der Waals surface area contributed by atoms with Crippen LogP contribution in [0, 0.1) is 0 Å². The molecule has 176 valence electrons. The van der Waals surface area contributed by atoms with Gasteiger partial charge in [0.2, 0.25) is 0 Å². The van der Waals surface area contributed by atoms with Crippen molar-refractivity contribution in [3.05, 3.63) is 132 Å². The molecule has 0 unspecified atom stereocenters. The molecule has 1 aromatic heterocycles. The molecule has 1 amide bonds. The number of hydrazone groups is 1. The van der Waals surface area contributed by atoms with Crippen molar-refractivity contribution in [3.8, 4) is 34.0 Å². The zero-order valence-corrected chi connectivity index (χ0v) is 19.8. The average molecular weight is 472 g/mol. The van der Waals surface area contributed by atoms with E-state index in [2.05, 4.69) is 51.5 Å². The maximum Gasteiger partial charge on any atom is 0.271 e. The Bertz CT molecular complexity index is 1430. The number of benzene rings is 4. The topological polar surface area (TPSA) is 55.6 Å². The number of carbonyl (C=O) groups is 1. The van der Waals surface area contributed by atoms with Crippen molar-refractivity contribution in [2.24, 2.45) is 5.10 Å². The van der Waals surface area contributed by atoms with Gasteiger partial charge >= 0.3 is 0 Å². The number of nitrogens with one attached hydrogen (secondary N) is 1. The van der Waals surface area contributed by atoms with Gasteiger partial charge in [0.15, 0.2) is 0 Å². The van der Waals surface area contributed by atoms with Crippen LogP contribution in [0.25, 0.3) is 28.2 Å². The fourth-order valence-corrected chi connectivity index (χ4v) is 4.14. The first kappa shape index (κ1) is 22.9. The molecule has 0 radical (unpaired) electrons. The molecule has 5 heteroatoms. The molecule has 1 heterocycles. The van der Waals surface area contributed by atoms with E-state index in [0.717, 1.165) is 33.8 Å². The molecule has 0 saturated heterocycles. The van der Waals surface area contributed by atoms with Crippen LogP contribution in [0.4, 0.5) is 0 Å². The molecular formula is C31H25N3O2. The van der Waals surface area contributed by atoms with Gasteiger partial charge in [-0.3, -0.25) is 4.79 Å². The Morgan fingerprint density at radius 2 is 1.28 bits per heavy atom. The normalized spacial score (nSPS) is 10.9. The van der Waals surface area contributed by atoms with Crippen LogP contribution >= 0.6 is 0 Å². The molecule has 0 atom stereocenters. The van der Waals surface area contributed by atoms with Gasteiger partial charge in [0, 0.05) is 16.8 Å². The largest absolute Gasteiger partial charge is 0.496 e. The van der Waals surface area contributed by atoms with Crippen molar-refractivity contribution in [1.29, 1.82) is 0 Å². The highest BCUT2D eigenvalue weighted by molar-refractivity contribution is 5.95. The molecule has 0 saturated carbocycles. The summed E-state index contributed by atoms with van der Waals surface area (Å²) in [4.78, 5) is 12.7. The lowest BCUT2D eigenvalue weighted by Gasteiger charge is -2.15. The number of hydrogen-bond acceptors (Lipinski definition) is 3. The Balaban J connectivity index is 1.43. The third-order valence-corrected chi connectivity index (χ3v) is 5.92. The molecule has 0 aliphatic heterocycles. The standard InChI is InChI=1S/C31H25N3O2/c1-36-30-15-9-8-14-26(30)22-32-33-31(35)25-16-18-27(19-17-25)34-28(23-10-4-2-5-11-23)20-21-29(34)24-12-6-3-7-13-24/h2-22H,1H3,(H,33,35)/b32-22+. The van der Waals surface area contributed by atoms with E-state index in [0.29, 0.717) is 11.3 Å². The number of amides is 1. The second-order valence-electron chi connectivity index (χ2n) is 8.16. The van der Waals surface area contributed by atoms with E-state index < -0.39 is 0 Å². The van der Waals surface area contributed by atoms with Crippen LogP contribution in [-0.2, 0) is 0 Å². The van der Waals surface area contributed by atoms with Crippen LogP contribution in [0.1, 0.15) is 15.9 Å². The van der Waals surface area contributed by atoms with Crippen molar-refractivity contribution in [1.82, 2.24) is 9.99 Å². The molecule has 0 aliphatic rings. The van der Waals surface area contributed by atoms with E-state index in [1.165, 1.54) is 0 Å². The molecule has 0 bridgehead atoms. The molecular weight excluding hydrogens is 446 g/mol. The SMILES string of the molecule is COc1ccccc1/C=N/NC(=O)c1ccc(-n2c(-c3ccccc3)ccc2-c2ccccc2)cc1. The number of hydrogen-bond donors (Lipinski definition) is 1. The molecule has 5 aromatic rings. The third-order valence-electron chi connectivity index (χ3n) is 5.92. The summed E-state index contributed by atoms with van der Waals surface area (Å²) in [7, 11) is 1.60. The summed E-state index contributed by atoms with van der Waals surface area (Å²) in [6, 6.07) is 39.8. The van der Waals surface area contributed by atoms with Gasteiger partial charge < -0.3 is 9.30 Å². The monoisotopic (exact) mass is 471 g/mol. The highest BCUT2D eigenvalue weighted by atomic mass is 16.5. The quantitative estimate of drug-likeness (QED) is 0.215. The van der Waals surface area contributed by atoms with E-state index in [1.54, 1.807) is 13.3 Å². The summed E-state index contributed by atoms with van der Waals surface area (Å²) in [6.45, 7) is 0. The number of para-hydroxylation sites is 1. The van der Waals surface area contributed by atoms with Gasteiger partial charge in [0.05, 0.1) is 24.7 Å². The maximum atomic E-state index is 12.7. The van der Waals surface area contributed by atoms with Gasteiger partial charge in [-0.2, -0.15) is 5.10 Å². The number of methoxy groups -OCH3 is 1. The van der Waals surface area contributed by atoms with Gasteiger partial charge in [-0.1, -0.05) is 72.8 Å². The molecule has 5 nitrogen and oxygen atoms in total. The second kappa shape index (κ2) is 10.6. The Morgan fingerprint density at radius 1 is 0.722 bits per heavy atom. The highest BCUT2D eigenvalue weighted by Gasteiger charge is 2.14. The molecule has 36 heavy (non-hydrogen) atoms. The number of rotatable bonds is 7. The number of aromatic nitrogens is 1. The van der Waals surface area contributed by atoms with Crippen molar-refractivity contribution in [2.45, 2.75) is 0 Å². The molecule has 4 aromatic carbocycles. The first-order chi connectivity index (χ1) is 17.7. The predicted octanol–water partition coefficient (Wildman–Crippen LogP) is 6.58. The second-order valence-corrected chi connectivity index (χ2v) is 8.16. The Hall–Kier alpha value is -4.90. The summed E-state index contributed by atoms with van der Waals surface area (Å²) in [5, 5.41) is 4.10. The smallest absolute Gasteiger partial charge is 0.271 e. The first-order valence-electron chi connectivity index (χ1n) is 11.6. The lowest BCUT2D eigenvalue weighted by Crippen LogP contribution is -2.17. The van der Waals surface area contributed by atoms with Crippen LogP contribution in [0.15, 0.2) is 126 Å². The fourth-order valence-electron chi connectivity index (χ4n) is 4.14. The van der Waals surface area contributed by atoms with Crippen LogP contribution < -0.4 is 10.2 Å². The minimum absolute atomic E-state index is 0.285. The average Bonchev–Trinajstić information content (AvgIpc) is 3.39. The summed E-state index contributed by atoms with van der Waals surface area (Å²) in [5.41, 5.74) is 9.25. The number of nitrogens with zero attached hydrogens (tertiary/aromatic N) is 2. The van der Waals surface area contributed by atoms with Crippen molar-refractivity contribution >= 4 is 12.1 Å². The van der Waals surface area contributed by atoms with Crippen LogP contribution in [0.2, 0.25) is 0 Å². The Kier molecular flexibility index (Phi) is 6.72. The predicted molar refractivity (Wildman–Crippen MR) is 145 cm³/mol. The minimum Gasteiger partial charge on any atom is -0.496 e. The molecule has 0 aliphatic carbocycles. The van der Waals surface area contributed by atoms with E-state index in [4.69, 9.17) is 4.74 Å². The lowest BCUT2D eigenvalue weighted by molar-refractivity contribution is 0.0955. The Labute approximate surface area is 210 Å².